The van der Waals surface area contributed by atoms with Crippen LogP contribution in [0.4, 0.5) is 10.1 Å². The van der Waals surface area contributed by atoms with Crippen molar-refractivity contribution in [1.29, 1.82) is 0 Å². The maximum atomic E-state index is 14.0. The predicted octanol–water partition coefficient (Wildman–Crippen LogP) is 3.49. The highest BCUT2D eigenvalue weighted by Crippen LogP contribution is 2.23. The number of hydrogen-bond donors (Lipinski definition) is 1. The molecule has 5 nitrogen and oxygen atoms in total. The van der Waals surface area contributed by atoms with E-state index in [9.17, 15) is 9.18 Å². The summed E-state index contributed by atoms with van der Waals surface area (Å²) in [5, 5.41) is 2.57. The summed E-state index contributed by atoms with van der Waals surface area (Å²) in [5.74, 6) is -0.544. The van der Waals surface area contributed by atoms with E-state index in [2.05, 4.69) is 10.3 Å². The number of aryl methyl sites for hydroxylation is 1. The lowest BCUT2D eigenvalue weighted by molar-refractivity contribution is 0.102. The van der Waals surface area contributed by atoms with Crippen LogP contribution < -0.4 is 10.1 Å². The molecule has 0 aliphatic heterocycles. The Bertz CT molecular complexity index is 889. The number of methoxy groups -OCH3 is 1. The quantitative estimate of drug-likeness (QED) is 0.799. The molecule has 0 bridgehead atoms. The summed E-state index contributed by atoms with van der Waals surface area (Å²) in [5.41, 5.74) is 2.29. The van der Waals surface area contributed by atoms with E-state index in [1.54, 1.807) is 36.8 Å². The molecule has 0 unspecified atom stereocenters. The number of benzene rings is 2. The topological polar surface area (TPSA) is 56.1 Å². The molecule has 0 radical (unpaired) electrons. The van der Waals surface area contributed by atoms with Gasteiger partial charge in [0, 0.05) is 24.2 Å². The van der Waals surface area contributed by atoms with Gasteiger partial charge in [0.05, 0.1) is 31.0 Å². The molecule has 1 aromatic heterocycles. The minimum absolute atomic E-state index is 0.103. The minimum Gasteiger partial charge on any atom is -0.497 e. The molecule has 24 heavy (non-hydrogen) atoms. The van der Waals surface area contributed by atoms with Gasteiger partial charge >= 0.3 is 0 Å². The molecule has 0 fully saturated rings. The Hall–Kier alpha value is -3.15. The lowest BCUT2D eigenvalue weighted by atomic mass is 10.1. The van der Waals surface area contributed by atoms with E-state index in [1.807, 2.05) is 17.7 Å². The summed E-state index contributed by atoms with van der Waals surface area (Å²) in [6.45, 7) is 0. The molecule has 3 rings (SSSR count). The third-order valence-corrected chi connectivity index (χ3v) is 3.66. The van der Waals surface area contributed by atoms with E-state index in [4.69, 9.17) is 4.74 Å². The zero-order chi connectivity index (χ0) is 17.1. The molecule has 0 saturated heterocycles. The molecule has 3 aromatic rings. The van der Waals surface area contributed by atoms with E-state index in [-0.39, 0.29) is 11.6 Å². The summed E-state index contributed by atoms with van der Waals surface area (Å²) in [6.07, 6.45) is 3.41. The summed E-state index contributed by atoms with van der Waals surface area (Å²) >= 11 is 0. The number of aromatic nitrogens is 2. The van der Waals surface area contributed by atoms with Gasteiger partial charge in [-0.05, 0) is 24.3 Å². The van der Waals surface area contributed by atoms with Crippen molar-refractivity contribution in [3.05, 3.63) is 66.4 Å². The van der Waals surface area contributed by atoms with Crippen LogP contribution in [-0.4, -0.2) is 22.6 Å². The third kappa shape index (κ3) is 3.12. The van der Waals surface area contributed by atoms with Gasteiger partial charge in [-0.1, -0.05) is 12.1 Å². The van der Waals surface area contributed by atoms with Gasteiger partial charge in [0.1, 0.15) is 11.6 Å². The Kier molecular flexibility index (Phi) is 4.29. The molecule has 1 N–H and O–H groups in total. The van der Waals surface area contributed by atoms with Crippen molar-refractivity contribution >= 4 is 11.6 Å². The highest BCUT2D eigenvalue weighted by Gasteiger charge is 2.12. The first kappa shape index (κ1) is 15.7. The van der Waals surface area contributed by atoms with Crippen molar-refractivity contribution in [3.8, 4) is 17.0 Å². The number of imidazole rings is 1. The smallest absolute Gasteiger partial charge is 0.255 e. The number of carbonyl (C=O) groups excluding carboxylic acids is 1. The molecule has 0 aliphatic rings. The van der Waals surface area contributed by atoms with Crippen LogP contribution >= 0.6 is 0 Å². The zero-order valence-electron chi connectivity index (χ0n) is 13.3. The number of ether oxygens (including phenoxy) is 1. The van der Waals surface area contributed by atoms with Crippen LogP contribution in [0, 0.1) is 5.82 Å². The lowest BCUT2D eigenvalue weighted by Gasteiger charge is -2.09. The molecular weight excluding hydrogens is 309 g/mol. The van der Waals surface area contributed by atoms with Crippen molar-refractivity contribution in [2.75, 3.05) is 12.4 Å². The molecule has 0 aliphatic carbocycles. The van der Waals surface area contributed by atoms with Gasteiger partial charge in [-0.15, -0.1) is 0 Å². The van der Waals surface area contributed by atoms with Gasteiger partial charge in [0.2, 0.25) is 0 Å². The Morgan fingerprint density at radius 1 is 1.25 bits per heavy atom. The second kappa shape index (κ2) is 6.54. The number of hydrogen-bond acceptors (Lipinski definition) is 3. The maximum Gasteiger partial charge on any atom is 0.255 e. The monoisotopic (exact) mass is 325 g/mol. The van der Waals surface area contributed by atoms with Crippen molar-refractivity contribution in [2.45, 2.75) is 0 Å². The van der Waals surface area contributed by atoms with Crippen LogP contribution in [0.2, 0.25) is 0 Å². The molecule has 0 saturated carbocycles. The number of nitrogens with zero attached hydrogens (tertiary/aromatic N) is 2. The standard InChI is InChI=1S/C18H16FN3O2/c1-22-11-20-10-17(22)12-4-3-5-13(8-12)18(23)21-16-7-6-14(24-2)9-15(16)19/h3-11H,1-2H3,(H,21,23). The van der Waals surface area contributed by atoms with Gasteiger partial charge in [0.25, 0.3) is 5.91 Å². The first-order valence-corrected chi connectivity index (χ1v) is 7.30. The highest BCUT2D eigenvalue weighted by atomic mass is 19.1. The molecule has 1 amide bonds. The molecule has 0 atom stereocenters. The van der Waals surface area contributed by atoms with Gasteiger partial charge in [0.15, 0.2) is 0 Å². The number of halogens is 1. The van der Waals surface area contributed by atoms with Crippen LogP contribution in [-0.2, 0) is 7.05 Å². The van der Waals surface area contributed by atoms with Crippen molar-refractivity contribution in [1.82, 2.24) is 9.55 Å². The van der Waals surface area contributed by atoms with E-state index < -0.39 is 5.82 Å². The fourth-order valence-electron chi connectivity index (χ4n) is 2.37. The Labute approximate surface area is 138 Å². The first-order valence-electron chi connectivity index (χ1n) is 7.30. The lowest BCUT2D eigenvalue weighted by Crippen LogP contribution is -2.13. The normalized spacial score (nSPS) is 10.5. The average molecular weight is 325 g/mol. The summed E-state index contributed by atoms with van der Waals surface area (Å²) in [7, 11) is 3.33. The molecule has 2 aromatic carbocycles. The number of amides is 1. The minimum atomic E-state index is -0.550. The van der Waals surface area contributed by atoms with Crippen molar-refractivity contribution < 1.29 is 13.9 Å². The second-order valence-corrected chi connectivity index (χ2v) is 5.27. The maximum absolute atomic E-state index is 14.0. The summed E-state index contributed by atoms with van der Waals surface area (Å²) in [6, 6.07) is 11.4. The number of rotatable bonds is 4. The SMILES string of the molecule is COc1ccc(NC(=O)c2cccc(-c3cncn3C)c2)c(F)c1. The van der Waals surface area contributed by atoms with E-state index in [1.165, 1.54) is 19.2 Å². The van der Waals surface area contributed by atoms with Gasteiger partial charge < -0.3 is 14.6 Å². The zero-order valence-corrected chi connectivity index (χ0v) is 13.3. The van der Waals surface area contributed by atoms with Crippen molar-refractivity contribution in [2.24, 2.45) is 7.05 Å². The van der Waals surface area contributed by atoms with Crippen LogP contribution in [0.15, 0.2) is 55.0 Å². The van der Waals surface area contributed by atoms with Crippen LogP contribution in [0.5, 0.6) is 5.75 Å². The Morgan fingerprint density at radius 2 is 2.08 bits per heavy atom. The van der Waals surface area contributed by atoms with E-state index in [0.29, 0.717) is 11.3 Å². The van der Waals surface area contributed by atoms with E-state index in [0.717, 1.165) is 11.3 Å². The Morgan fingerprint density at radius 3 is 2.75 bits per heavy atom. The summed E-state index contributed by atoms with van der Waals surface area (Å²) < 4.78 is 20.8. The highest BCUT2D eigenvalue weighted by molar-refractivity contribution is 6.05. The number of nitrogens with one attached hydrogen (secondary N) is 1. The average Bonchev–Trinajstić information content (AvgIpc) is 3.02. The van der Waals surface area contributed by atoms with Crippen LogP contribution in [0.3, 0.4) is 0 Å². The number of anilines is 1. The summed E-state index contributed by atoms with van der Waals surface area (Å²) in [4.78, 5) is 16.5. The van der Waals surface area contributed by atoms with Gasteiger partial charge in [-0.2, -0.15) is 0 Å². The molecule has 1 heterocycles. The molecule has 6 heteroatoms. The predicted molar refractivity (Wildman–Crippen MR) is 89.5 cm³/mol. The van der Waals surface area contributed by atoms with E-state index >= 15 is 0 Å². The molecule has 122 valence electrons. The largest absolute Gasteiger partial charge is 0.497 e. The Balaban J connectivity index is 1.84. The fraction of sp³-hybridized carbons (Fsp3) is 0.111. The molecular formula is C18H16FN3O2. The second-order valence-electron chi connectivity index (χ2n) is 5.27. The fourth-order valence-corrected chi connectivity index (χ4v) is 2.37. The number of carbonyl (C=O) groups is 1. The molecule has 0 spiro atoms. The third-order valence-electron chi connectivity index (χ3n) is 3.66. The van der Waals surface area contributed by atoms with Gasteiger partial charge in [-0.3, -0.25) is 4.79 Å². The van der Waals surface area contributed by atoms with Gasteiger partial charge in [-0.25, -0.2) is 9.37 Å². The van der Waals surface area contributed by atoms with Crippen LogP contribution in [0.1, 0.15) is 10.4 Å². The van der Waals surface area contributed by atoms with Crippen LogP contribution in [0.25, 0.3) is 11.3 Å². The van der Waals surface area contributed by atoms with Crippen molar-refractivity contribution in [3.63, 3.8) is 0 Å². The first-order chi connectivity index (χ1) is 11.6.